The Morgan fingerprint density at radius 1 is 1.60 bits per heavy atom. The van der Waals surface area contributed by atoms with Gasteiger partial charge < -0.3 is 4.74 Å². The molecule has 1 heterocycles. The molecule has 0 bridgehead atoms. The minimum Gasteiger partial charge on any atom is -0.464 e. The fourth-order valence-electron chi connectivity index (χ4n) is 1.37. The lowest BCUT2D eigenvalue weighted by Gasteiger charge is -2.32. The van der Waals surface area contributed by atoms with E-state index in [1.807, 2.05) is 20.8 Å². The number of carbonyl (C=O) groups excluding carboxylic acids is 2. The van der Waals surface area contributed by atoms with E-state index in [1.165, 1.54) is 23.8 Å². The van der Waals surface area contributed by atoms with Crippen LogP contribution in [0.4, 0.5) is 0 Å². The van der Waals surface area contributed by atoms with Crippen LogP contribution in [0.25, 0.3) is 0 Å². The Kier molecular flexibility index (Phi) is 3.44. The van der Waals surface area contributed by atoms with Crippen LogP contribution in [-0.4, -0.2) is 29.8 Å². The fraction of sp³-hybridized carbons (Fsp3) is 0.600. The SMILES string of the molecule is COC(=O)C1=CS[C@H](C(C)(C)C)N1C=O. The maximum Gasteiger partial charge on any atom is 0.355 e. The Morgan fingerprint density at radius 3 is 2.60 bits per heavy atom. The highest BCUT2D eigenvalue weighted by Crippen LogP contribution is 2.40. The first-order chi connectivity index (χ1) is 6.91. The molecule has 0 aliphatic carbocycles. The molecule has 84 valence electrons. The normalized spacial score (nSPS) is 21.2. The summed E-state index contributed by atoms with van der Waals surface area (Å²) >= 11 is 1.47. The van der Waals surface area contributed by atoms with Gasteiger partial charge in [-0.05, 0) is 5.41 Å². The van der Waals surface area contributed by atoms with Gasteiger partial charge in [0.25, 0.3) is 0 Å². The highest BCUT2D eigenvalue weighted by Gasteiger charge is 2.38. The van der Waals surface area contributed by atoms with Gasteiger partial charge in [0.15, 0.2) is 0 Å². The number of esters is 1. The molecular weight excluding hydrogens is 214 g/mol. The van der Waals surface area contributed by atoms with Crippen molar-refractivity contribution < 1.29 is 14.3 Å². The average molecular weight is 229 g/mol. The molecule has 5 heteroatoms. The standard InChI is InChI=1S/C10H15NO3S/c1-10(2,3)9-11(6-12)7(5-15-9)8(13)14-4/h5-6,9H,1-4H3/t9-/m1/s1. The summed E-state index contributed by atoms with van der Waals surface area (Å²) in [6.07, 6.45) is 0.679. The molecule has 1 aliphatic rings. The molecule has 0 fully saturated rings. The number of hydrogen-bond acceptors (Lipinski definition) is 4. The second kappa shape index (κ2) is 4.26. The molecule has 0 saturated heterocycles. The van der Waals surface area contributed by atoms with Gasteiger partial charge in [-0.2, -0.15) is 0 Å². The Labute approximate surface area is 93.6 Å². The number of methoxy groups -OCH3 is 1. The fourth-order valence-corrected chi connectivity index (χ4v) is 2.55. The van der Waals surface area contributed by atoms with Gasteiger partial charge >= 0.3 is 5.97 Å². The van der Waals surface area contributed by atoms with E-state index in [9.17, 15) is 9.59 Å². The zero-order valence-corrected chi connectivity index (χ0v) is 10.1. The van der Waals surface area contributed by atoms with Gasteiger partial charge in [0.2, 0.25) is 6.41 Å². The number of thioether (sulfide) groups is 1. The Balaban J connectivity index is 2.89. The van der Waals surface area contributed by atoms with Crippen LogP contribution >= 0.6 is 11.8 Å². The third kappa shape index (κ3) is 2.34. The van der Waals surface area contributed by atoms with Gasteiger partial charge in [-0.25, -0.2) is 4.79 Å². The molecule has 1 atom stereocenters. The zero-order chi connectivity index (χ0) is 11.6. The molecule has 0 aromatic carbocycles. The van der Waals surface area contributed by atoms with E-state index < -0.39 is 5.97 Å². The predicted octanol–water partition coefficient (Wildman–Crippen LogP) is 1.58. The molecule has 1 aliphatic heterocycles. The van der Waals surface area contributed by atoms with Crippen LogP contribution in [0.2, 0.25) is 0 Å². The number of rotatable bonds is 2. The molecule has 0 saturated carbocycles. The average Bonchev–Trinajstić information content (AvgIpc) is 2.59. The lowest BCUT2D eigenvalue weighted by atomic mass is 9.95. The summed E-state index contributed by atoms with van der Waals surface area (Å²) in [5.74, 6) is -0.471. The lowest BCUT2D eigenvalue weighted by Crippen LogP contribution is -2.39. The van der Waals surface area contributed by atoms with Gasteiger partial charge in [-0.15, -0.1) is 11.8 Å². The highest BCUT2D eigenvalue weighted by atomic mass is 32.2. The van der Waals surface area contributed by atoms with Gasteiger partial charge in [0.1, 0.15) is 5.70 Å². The Hall–Kier alpha value is -0.970. The van der Waals surface area contributed by atoms with E-state index in [0.717, 1.165) is 0 Å². The molecule has 15 heavy (non-hydrogen) atoms. The summed E-state index contributed by atoms with van der Waals surface area (Å²) in [4.78, 5) is 23.7. The molecule has 1 amide bonds. The first kappa shape index (κ1) is 12.1. The third-order valence-electron chi connectivity index (χ3n) is 2.09. The molecule has 0 aromatic rings. The summed E-state index contributed by atoms with van der Waals surface area (Å²) < 4.78 is 4.61. The molecule has 1 rings (SSSR count). The first-order valence-corrected chi connectivity index (χ1v) is 5.53. The quantitative estimate of drug-likeness (QED) is 0.533. The van der Waals surface area contributed by atoms with Crippen molar-refractivity contribution in [3.05, 3.63) is 11.1 Å². The van der Waals surface area contributed by atoms with Crippen LogP contribution in [0, 0.1) is 5.41 Å². The predicted molar refractivity (Wildman–Crippen MR) is 58.8 cm³/mol. The molecule has 0 aromatic heterocycles. The summed E-state index contributed by atoms with van der Waals surface area (Å²) in [5.41, 5.74) is 0.232. The van der Waals surface area contributed by atoms with Gasteiger partial charge in [-0.1, -0.05) is 20.8 Å². The summed E-state index contributed by atoms with van der Waals surface area (Å²) in [5, 5.41) is 1.62. The highest BCUT2D eigenvalue weighted by molar-refractivity contribution is 8.03. The van der Waals surface area contributed by atoms with Crippen LogP contribution in [0.1, 0.15) is 20.8 Å². The minimum atomic E-state index is -0.471. The topological polar surface area (TPSA) is 46.6 Å². The van der Waals surface area contributed by atoms with E-state index in [4.69, 9.17) is 0 Å². The van der Waals surface area contributed by atoms with Crippen molar-refractivity contribution in [2.45, 2.75) is 26.1 Å². The summed E-state index contributed by atoms with van der Waals surface area (Å²) in [6.45, 7) is 6.07. The van der Waals surface area contributed by atoms with Crippen molar-refractivity contribution >= 4 is 24.1 Å². The van der Waals surface area contributed by atoms with E-state index in [-0.39, 0.29) is 10.8 Å². The van der Waals surface area contributed by atoms with E-state index in [2.05, 4.69) is 4.74 Å². The second-order valence-corrected chi connectivity index (χ2v) is 5.32. The van der Waals surface area contributed by atoms with Crippen molar-refractivity contribution in [2.75, 3.05) is 7.11 Å². The second-order valence-electron chi connectivity index (χ2n) is 4.36. The number of hydrogen-bond donors (Lipinski definition) is 0. The van der Waals surface area contributed by atoms with Gasteiger partial charge in [0.05, 0.1) is 12.5 Å². The van der Waals surface area contributed by atoms with E-state index in [1.54, 1.807) is 5.41 Å². The maximum absolute atomic E-state index is 11.4. The van der Waals surface area contributed by atoms with Crippen LogP contribution in [0.3, 0.4) is 0 Å². The molecule has 4 nitrogen and oxygen atoms in total. The van der Waals surface area contributed by atoms with Crippen LogP contribution < -0.4 is 0 Å². The maximum atomic E-state index is 11.4. The number of amides is 1. The summed E-state index contributed by atoms with van der Waals surface area (Å²) in [7, 11) is 1.31. The smallest absolute Gasteiger partial charge is 0.355 e. The molecule has 0 spiro atoms. The monoisotopic (exact) mass is 229 g/mol. The van der Waals surface area contributed by atoms with Gasteiger partial charge in [0, 0.05) is 5.41 Å². The zero-order valence-electron chi connectivity index (χ0n) is 9.31. The molecule has 0 N–H and O–H groups in total. The van der Waals surface area contributed by atoms with Crippen molar-refractivity contribution in [1.82, 2.24) is 4.90 Å². The molecule has 0 radical (unpaired) electrons. The Bertz CT molecular complexity index is 306. The summed E-state index contributed by atoms with van der Waals surface area (Å²) in [6, 6.07) is 0. The number of nitrogens with zero attached hydrogens (tertiary/aromatic N) is 1. The van der Waals surface area contributed by atoms with Crippen molar-refractivity contribution in [1.29, 1.82) is 0 Å². The Morgan fingerprint density at radius 2 is 2.20 bits per heavy atom. The van der Waals surface area contributed by atoms with Crippen LogP contribution in [0.5, 0.6) is 0 Å². The minimum absolute atomic E-state index is 0.0518. The van der Waals surface area contributed by atoms with Crippen molar-refractivity contribution in [3.8, 4) is 0 Å². The molecular formula is C10H15NO3S. The van der Waals surface area contributed by atoms with Gasteiger partial charge in [-0.3, -0.25) is 9.69 Å². The van der Waals surface area contributed by atoms with Crippen LogP contribution in [0.15, 0.2) is 11.1 Å². The van der Waals surface area contributed by atoms with E-state index >= 15 is 0 Å². The largest absolute Gasteiger partial charge is 0.464 e. The lowest BCUT2D eigenvalue weighted by molar-refractivity contribution is -0.140. The number of ether oxygens (including phenoxy) is 1. The first-order valence-electron chi connectivity index (χ1n) is 4.59. The van der Waals surface area contributed by atoms with Crippen molar-refractivity contribution in [3.63, 3.8) is 0 Å². The molecule has 0 unspecified atom stereocenters. The number of carbonyl (C=O) groups is 2. The van der Waals surface area contributed by atoms with Crippen molar-refractivity contribution in [2.24, 2.45) is 5.41 Å². The van der Waals surface area contributed by atoms with E-state index in [0.29, 0.717) is 12.1 Å². The van der Waals surface area contributed by atoms with Crippen LogP contribution in [-0.2, 0) is 14.3 Å². The third-order valence-corrected chi connectivity index (χ3v) is 3.64.